The van der Waals surface area contributed by atoms with E-state index in [0.717, 1.165) is 49.0 Å². The van der Waals surface area contributed by atoms with Gasteiger partial charge in [0.15, 0.2) is 0 Å². The first-order valence-corrected chi connectivity index (χ1v) is 11.8. The molecule has 3 rings (SSSR count). The largest absolute Gasteiger partial charge is 0.494 e. The number of benzene rings is 1. The van der Waals surface area contributed by atoms with E-state index in [-0.39, 0.29) is 29.4 Å². The standard InChI is InChI=1S/C23H32N2O5S/c1-4-12-25-15-19(28-5-2)21(29-6-3)18(25)11-13-30-17-9-7-16(8-10-17)14-20-22(26)24-23(27)31-20/h7-10,14,18-19,21H,4-6,11-13,15H2,1-3H3,(H,24,26,27)/b20-14-/t18?,19-,21+/m1/s1. The van der Waals surface area contributed by atoms with Crippen LogP contribution in [-0.4, -0.2) is 67.2 Å². The summed E-state index contributed by atoms with van der Waals surface area (Å²) in [5, 5.41) is 1.92. The lowest BCUT2D eigenvalue weighted by Gasteiger charge is -2.28. The van der Waals surface area contributed by atoms with Crippen LogP contribution in [-0.2, 0) is 14.3 Å². The van der Waals surface area contributed by atoms with E-state index in [1.54, 1.807) is 6.08 Å². The van der Waals surface area contributed by atoms with Gasteiger partial charge in [0, 0.05) is 25.8 Å². The van der Waals surface area contributed by atoms with Crippen molar-refractivity contribution in [3.8, 4) is 5.75 Å². The average molecular weight is 449 g/mol. The maximum Gasteiger partial charge on any atom is 0.290 e. The van der Waals surface area contributed by atoms with Crippen LogP contribution in [0.3, 0.4) is 0 Å². The van der Waals surface area contributed by atoms with E-state index in [9.17, 15) is 9.59 Å². The monoisotopic (exact) mass is 448 g/mol. The summed E-state index contributed by atoms with van der Waals surface area (Å²) < 4.78 is 18.0. The molecule has 0 aliphatic carbocycles. The van der Waals surface area contributed by atoms with Gasteiger partial charge in [0.05, 0.1) is 17.6 Å². The number of ether oxygens (including phenoxy) is 3. The Hall–Kier alpha value is -1.87. The summed E-state index contributed by atoms with van der Waals surface area (Å²) in [6.45, 7) is 10.1. The number of hydrogen-bond donors (Lipinski definition) is 1. The third kappa shape index (κ3) is 6.32. The molecule has 2 aliphatic rings. The number of amides is 2. The van der Waals surface area contributed by atoms with Gasteiger partial charge in [-0.3, -0.25) is 19.8 Å². The van der Waals surface area contributed by atoms with Gasteiger partial charge in [0.1, 0.15) is 11.9 Å². The summed E-state index contributed by atoms with van der Waals surface area (Å²) in [4.78, 5) is 25.8. The highest BCUT2D eigenvalue weighted by Crippen LogP contribution is 2.28. The number of carbonyl (C=O) groups is 2. The van der Waals surface area contributed by atoms with Crippen molar-refractivity contribution >= 4 is 29.0 Å². The smallest absolute Gasteiger partial charge is 0.290 e. The number of rotatable bonds is 11. The van der Waals surface area contributed by atoms with E-state index >= 15 is 0 Å². The molecule has 7 nitrogen and oxygen atoms in total. The number of nitrogens with one attached hydrogen (secondary N) is 1. The third-order valence-electron chi connectivity index (χ3n) is 5.38. The molecule has 0 radical (unpaired) electrons. The minimum atomic E-state index is -0.349. The predicted octanol–water partition coefficient (Wildman–Crippen LogP) is 3.68. The third-order valence-corrected chi connectivity index (χ3v) is 6.19. The molecule has 2 fully saturated rings. The molecule has 8 heteroatoms. The first kappa shape index (κ1) is 23.8. The Morgan fingerprint density at radius 2 is 1.87 bits per heavy atom. The van der Waals surface area contributed by atoms with E-state index in [4.69, 9.17) is 14.2 Å². The molecular formula is C23H32N2O5S. The lowest BCUT2D eigenvalue weighted by Crippen LogP contribution is -2.39. The SMILES string of the molecule is CCCN1C[C@@H](OCC)[C@@H](OCC)C1CCOc1ccc(/C=C2\SC(=O)NC2=O)cc1. The molecule has 3 atom stereocenters. The molecule has 0 saturated carbocycles. The highest BCUT2D eigenvalue weighted by Gasteiger charge is 2.42. The number of thioether (sulfide) groups is 1. The van der Waals surface area contributed by atoms with Crippen molar-refractivity contribution in [1.29, 1.82) is 0 Å². The normalized spacial score (nSPS) is 25.4. The Balaban J connectivity index is 1.56. The number of hydrogen-bond acceptors (Lipinski definition) is 7. The Kier molecular flexibility index (Phi) is 8.95. The fourth-order valence-electron chi connectivity index (χ4n) is 4.12. The van der Waals surface area contributed by atoms with Crippen LogP contribution in [0.2, 0.25) is 0 Å². The summed E-state index contributed by atoms with van der Waals surface area (Å²) in [6, 6.07) is 7.80. The fraction of sp³-hybridized carbons (Fsp3) is 0.565. The van der Waals surface area contributed by atoms with Gasteiger partial charge < -0.3 is 14.2 Å². The van der Waals surface area contributed by atoms with Crippen molar-refractivity contribution in [2.24, 2.45) is 0 Å². The van der Waals surface area contributed by atoms with Gasteiger partial charge in [-0.1, -0.05) is 19.1 Å². The van der Waals surface area contributed by atoms with Gasteiger partial charge in [0.25, 0.3) is 11.1 Å². The van der Waals surface area contributed by atoms with E-state index in [2.05, 4.69) is 17.1 Å². The molecule has 170 valence electrons. The average Bonchev–Trinajstić information content (AvgIpc) is 3.23. The molecule has 1 unspecified atom stereocenters. The van der Waals surface area contributed by atoms with Crippen LogP contribution in [0.25, 0.3) is 6.08 Å². The van der Waals surface area contributed by atoms with Crippen LogP contribution in [0.5, 0.6) is 5.75 Å². The fourth-order valence-corrected chi connectivity index (χ4v) is 4.80. The lowest BCUT2D eigenvalue weighted by atomic mass is 10.1. The zero-order valence-corrected chi connectivity index (χ0v) is 19.3. The summed E-state index contributed by atoms with van der Waals surface area (Å²) in [7, 11) is 0. The first-order valence-electron chi connectivity index (χ1n) is 11.0. The number of likely N-dealkylation sites (tertiary alicyclic amines) is 1. The zero-order valence-electron chi connectivity index (χ0n) is 18.5. The summed E-state index contributed by atoms with van der Waals surface area (Å²) >= 11 is 0.916. The van der Waals surface area contributed by atoms with Gasteiger partial charge in [-0.15, -0.1) is 0 Å². The zero-order chi connectivity index (χ0) is 22.2. The van der Waals surface area contributed by atoms with Crippen LogP contribution in [0.15, 0.2) is 29.2 Å². The van der Waals surface area contributed by atoms with Crippen LogP contribution < -0.4 is 10.1 Å². The summed E-state index contributed by atoms with van der Waals surface area (Å²) in [5.41, 5.74) is 0.848. The van der Waals surface area contributed by atoms with Crippen molar-refractivity contribution in [1.82, 2.24) is 10.2 Å². The maximum absolute atomic E-state index is 11.7. The summed E-state index contributed by atoms with van der Waals surface area (Å²) in [6.07, 6.45) is 3.82. The molecule has 0 spiro atoms. The Morgan fingerprint density at radius 1 is 1.13 bits per heavy atom. The Labute approximate surface area is 188 Å². The number of carbonyl (C=O) groups excluding carboxylic acids is 2. The minimum Gasteiger partial charge on any atom is -0.494 e. The van der Waals surface area contributed by atoms with E-state index in [1.807, 2.05) is 38.1 Å². The van der Waals surface area contributed by atoms with Crippen molar-refractivity contribution in [2.75, 3.05) is 32.9 Å². The second-order valence-electron chi connectivity index (χ2n) is 7.53. The quantitative estimate of drug-likeness (QED) is 0.518. The summed E-state index contributed by atoms with van der Waals surface area (Å²) in [5.74, 6) is 0.425. The van der Waals surface area contributed by atoms with Crippen molar-refractivity contribution < 1.29 is 23.8 Å². The lowest BCUT2D eigenvalue weighted by molar-refractivity contribution is -0.115. The van der Waals surface area contributed by atoms with E-state index in [0.29, 0.717) is 24.7 Å². The van der Waals surface area contributed by atoms with Crippen molar-refractivity contribution in [3.63, 3.8) is 0 Å². The highest BCUT2D eigenvalue weighted by atomic mass is 32.2. The first-order chi connectivity index (χ1) is 15.0. The molecular weight excluding hydrogens is 416 g/mol. The van der Waals surface area contributed by atoms with Gasteiger partial charge in [-0.05, 0) is 68.8 Å². The van der Waals surface area contributed by atoms with Crippen molar-refractivity contribution in [2.45, 2.75) is 51.9 Å². The van der Waals surface area contributed by atoms with Gasteiger partial charge in [-0.25, -0.2) is 0 Å². The topological polar surface area (TPSA) is 77.1 Å². The maximum atomic E-state index is 11.7. The van der Waals surface area contributed by atoms with Crippen LogP contribution in [0, 0.1) is 0 Å². The van der Waals surface area contributed by atoms with Gasteiger partial charge >= 0.3 is 0 Å². The number of imide groups is 1. The minimum absolute atomic E-state index is 0.0619. The van der Waals surface area contributed by atoms with Crippen molar-refractivity contribution in [3.05, 3.63) is 34.7 Å². The molecule has 2 heterocycles. The second-order valence-corrected chi connectivity index (χ2v) is 8.55. The molecule has 2 aliphatic heterocycles. The molecule has 2 saturated heterocycles. The molecule has 1 aromatic rings. The van der Waals surface area contributed by atoms with E-state index in [1.165, 1.54) is 0 Å². The second kappa shape index (κ2) is 11.7. The van der Waals surface area contributed by atoms with Crippen LogP contribution in [0.1, 0.15) is 39.2 Å². The van der Waals surface area contributed by atoms with Gasteiger partial charge in [-0.2, -0.15) is 0 Å². The molecule has 0 aromatic heterocycles. The Morgan fingerprint density at radius 3 is 2.48 bits per heavy atom. The van der Waals surface area contributed by atoms with E-state index < -0.39 is 0 Å². The molecule has 1 N–H and O–H groups in total. The van der Waals surface area contributed by atoms with Crippen LogP contribution >= 0.6 is 11.8 Å². The Bertz CT molecular complexity index is 783. The van der Waals surface area contributed by atoms with Gasteiger partial charge in [0.2, 0.25) is 0 Å². The molecule has 0 bridgehead atoms. The van der Waals surface area contributed by atoms with Crippen LogP contribution in [0.4, 0.5) is 4.79 Å². The molecule has 31 heavy (non-hydrogen) atoms. The predicted molar refractivity (Wildman–Crippen MR) is 122 cm³/mol. The highest BCUT2D eigenvalue weighted by molar-refractivity contribution is 8.18. The molecule has 2 amide bonds. The molecule has 1 aromatic carbocycles. The number of nitrogens with zero attached hydrogens (tertiary/aromatic N) is 1.